The van der Waals surface area contributed by atoms with E-state index >= 15 is 0 Å². The number of carbonyl (C=O) groups excluding carboxylic acids is 6. The fourth-order valence-corrected chi connectivity index (χ4v) is 20.5. The van der Waals surface area contributed by atoms with Gasteiger partial charge in [0.25, 0.3) is 0 Å². The second-order valence-corrected chi connectivity index (χ2v) is 36.6. The van der Waals surface area contributed by atoms with Gasteiger partial charge < -0.3 is 62.4 Å². The summed E-state index contributed by atoms with van der Waals surface area (Å²) in [4.78, 5) is 102. The van der Waals surface area contributed by atoms with Crippen LogP contribution >= 0.6 is 0 Å². The van der Waals surface area contributed by atoms with Crippen LogP contribution in [0.25, 0.3) is 10.4 Å². The normalized spacial score (nSPS) is 15.9. The smallest absolute Gasteiger partial charge is 0.326 e. The molecule has 0 spiro atoms. The number of carbonyl (C=O) groups is 7. The SMILES string of the molecule is CC[C@@H](C)[C@H]([C@H](CC(=O)N1CCC[C@@H]1[C@@H](OC)[C@H](C)C(=O)N[C@H](Cc1ccccc1)C(=O)O)OC)N(C)C(=O)[C@H](CC(=O)[C@@H](C(C)C)N(C)C(=O)CCC[Si](C)(C)O[Si](C)(C)C)C(C)C.Cc1cccc(CC(=O)CCCOCCOCCOCCOCCOCCN=[N+]=[N-])c1. The monoisotopic (exact) mass is 1380 g/mol. The van der Waals surface area contributed by atoms with Crippen LogP contribution in [-0.4, -0.2) is 221 Å². The molecule has 1 aliphatic heterocycles. The molecule has 0 unspecified atom stereocenters. The lowest BCUT2D eigenvalue weighted by Gasteiger charge is -2.41. The van der Waals surface area contributed by atoms with Crippen LogP contribution in [0.5, 0.6) is 0 Å². The molecule has 0 aliphatic carbocycles. The lowest BCUT2D eigenvalue weighted by Crippen LogP contribution is -2.55. The molecular weight excluding hydrogens is 1260 g/mol. The van der Waals surface area contributed by atoms with E-state index in [1.54, 1.807) is 35.7 Å². The standard InChI is InChI=1S/C49H86N4O10Si2.C22H35N3O6/c1-17-34(6)45(52(9)48(58)37(32(2)3)30-40(54)44(33(4)5)51(8)42(55)26-22-28-65(15,16)63-64(12,13)14)41(61-10)31-43(56)53-27-21-25-39(53)46(62-11)35(7)47(57)50-38(49(59)60)29-36-23-19-18-20-24-36;1-20-4-2-5-21(18-20)19-22(26)6-3-8-27-10-12-29-14-16-31-17-15-30-13-11-28-9-7-24-25-23/h18-20,23-24,32-35,37-39,41,44-46H,17,21-22,25-31H2,1-16H3,(H,50,57)(H,59,60);2,4-5,18H,3,6-17,19H2,1H3/t34-,35+,37-,38-,39-,41+,44-,45-,46+;/m1./s1. The van der Waals surface area contributed by atoms with Gasteiger partial charge in [-0.05, 0) is 106 Å². The number of carboxylic acids is 1. The van der Waals surface area contributed by atoms with Gasteiger partial charge in [-0.25, -0.2) is 4.79 Å². The van der Waals surface area contributed by atoms with Crippen molar-refractivity contribution in [2.45, 2.75) is 201 Å². The first-order valence-corrected chi connectivity index (χ1v) is 41.1. The number of azide groups is 1. The van der Waals surface area contributed by atoms with E-state index in [4.69, 9.17) is 42.8 Å². The minimum atomic E-state index is -1.93. The fourth-order valence-electron chi connectivity index (χ4n) is 12.4. The molecule has 0 radical (unpaired) electrons. The van der Waals surface area contributed by atoms with Crippen molar-refractivity contribution < 1.29 is 75.9 Å². The van der Waals surface area contributed by atoms with Crippen molar-refractivity contribution in [1.29, 1.82) is 0 Å². The summed E-state index contributed by atoms with van der Waals surface area (Å²) in [5, 5.41) is 16.0. The zero-order valence-corrected chi connectivity index (χ0v) is 63.3. The molecule has 1 fully saturated rings. The summed E-state index contributed by atoms with van der Waals surface area (Å²) in [5.41, 5.74) is 11.1. The van der Waals surface area contributed by atoms with Crippen molar-refractivity contribution in [2.24, 2.45) is 34.7 Å². The summed E-state index contributed by atoms with van der Waals surface area (Å²) in [5.74, 6) is -3.94. The van der Waals surface area contributed by atoms with Crippen LogP contribution in [0.4, 0.5) is 0 Å². The van der Waals surface area contributed by atoms with E-state index in [1.165, 1.54) is 19.8 Å². The summed E-state index contributed by atoms with van der Waals surface area (Å²) in [6.45, 7) is 32.1. The van der Waals surface area contributed by atoms with Crippen LogP contribution < -0.4 is 5.32 Å². The Morgan fingerprint density at radius 2 is 1.32 bits per heavy atom. The van der Waals surface area contributed by atoms with Gasteiger partial charge in [0, 0.05) is 90.9 Å². The first-order chi connectivity index (χ1) is 45.4. The van der Waals surface area contributed by atoms with Crippen molar-refractivity contribution in [2.75, 3.05) is 107 Å². The molecule has 9 atom stereocenters. The van der Waals surface area contributed by atoms with E-state index in [2.05, 4.69) is 54.1 Å². The van der Waals surface area contributed by atoms with Gasteiger partial charge in [0.2, 0.25) is 23.6 Å². The minimum absolute atomic E-state index is 0.0335. The number of methoxy groups -OCH3 is 2. The summed E-state index contributed by atoms with van der Waals surface area (Å²) >= 11 is 0. The van der Waals surface area contributed by atoms with Gasteiger partial charge in [0.1, 0.15) is 11.8 Å². The average molecular weight is 1380 g/mol. The van der Waals surface area contributed by atoms with E-state index in [-0.39, 0.29) is 66.3 Å². The van der Waals surface area contributed by atoms with E-state index in [0.29, 0.717) is 124 Å². The lowest BCUT2D eigenvalue weighted by atomic mass is 9.83. The number of Topliss-reactive ketones (excluding diaryl/α,β-unsaturated/α-hetero) is 2. The number of benzene rings is 2. The quantitative estimate of drug-likeness (QED) is 0.0205. The number of ether oxygens (including phenoxy) is 7. The number of aliphatic carboxylic acids is 1. The third-order valence-corrected chi connectivity index (χ3v) is 23.6. The predicted octanol–water partition coefficient (Wildman–Crippen LogP) is 10.6. The summed E-state index contributed by atoms with van der Waals surface area (Å²) < 4.78 is 45.3. The van der Waals surface area contributed by atoms with Crippen LogP contribution in [0.3, 0.4) is 0 Å². The summed E-state index contributed by atoms with van der Waals surface area (Å²) in [7, 11) is 2.81. The highest BCUT2D eigenvalue weighted by atomic mass is 28.4. The van der Waals surface area contributed by atoms with Crippen LogP contribution in [0.1, 0.15) is 123 Å². The first-order valence-electron chi connectivity index (χ1n) is 34.6. The van der Waals surface area contributed by atoms with E-state index in [9.17, 15) is 38.7 Å². The lowest BCUT2D eigenvalue weighted by molar-refractivity contribution is -0.150. The van der Waals surface area contributed by atoms with Gasteiger partial charge in [-0.1, -0.05) is 120 Å². The van der Waals surface area contributed by atoms with Crippen molar-refractivity contribution in [3.63, 3.8) is 0 Å². The van der Waals surface area contributed by atoms with Gasteiger partial charge in [-0.3, -0.25) is 28.8 Å². The molecule has 1 aliphatic rings. The van der Waals surface area contributed by atoms with Gasteiger partial charge in [0.05, 0.1) is 102 Å². The van der Waals surface area contributed by atoms with E-state index < -0.39 is 76.7 Å². The molecule has 2 aromatic rings. The largest absolute Gasteiger partial charge is 0.480 e. The Kier molecular flexibility index (Phi) is 42.2. The molecule has 0 saturated carbocycles. The molecule has 4 amide bonds. The number of nitrogens with one attached hydrogen (secondary N) is 1. The number of ketones is 2. The topological polar surface area (TPSA) is 284 Å². The van der Waals surface area contributed by atoms with Gasteiger partial charge in [0.15, 0.2) is 22.4 Å². The highest BCUT2D eigenvalue weighted by molar-refractivity contribution is 6.84. The first kappa shape index (κ1) is 86.6. The molecule has 25 heteroatoms. The Bertz CT molecular complexity index is 2660. The van der Waals surface area contributed by atoms with E-state index in [1.807, 2.05) is 97.0 Å². The number of amides is 4. The second kappa shape index (κ2) is 46.8. The van der Waals surface area contributed by atoms with Crippen LogP contribution in [0.2, 0.25) is 38.8 Å². The average Bonchev–Trinajstić information content (AvgIpc) is 1.42. The van der Waals surface area contributed by atoms with Crippen molar-refractivity contribution in [3.05, 3.63) is 81.7 Å². The number of likely N-dealkylation sites (N-methyl/N-ethyl adjacent to an activating group) is 2. The van der Waals surface area contributed by atoms with Gasteiger partial charge in [-0.15, -0.1) is 0 Å². The van der Waals surface area contributed by atoms with Gasteiger partial charge >= 0.3 is 5.97 Å². The number of nitrogens with zero attached hydrogens (tertiary/aromatic N) is 6. The second-order valence-electron chi connectivity index (χ2n) is 27.5. The highest BCUT2D eigenvalue weighted by Crippen LogP contribution is 2.32. The maximum atomic E-state index is 14.7. The Morgan fingerprint density at radius 1 is 0.740 bits per heavy atom. The zero-order chi connectivity index (χ0) is 72.0. The molecule has 3 rings (SSSR count). The molecule has 544 valence electrons. The van der Waals surface area contributed by atoms with E-state index in [0.717, 1.165) is 23.6 Å². The maximum Gasteiger partial charge on any atom is 0.326 e. The fraction of sp³-hybridized carbons (Fsp3) is 0.732. The Balaban J connectivity index is 0.000000843. The summed E-state index contributed by atoms with van der Waals surface area (Å²) in [6, 6.07) is 15.2. The number of aryl methyl sites for hydroxylation is 1. The third-order valence-electron chi connectivity index (χ3n) is 17.3. The van der Waals surface area contributed by atoms with Crippen molar-refractivity contribution in [3.8, 4) is 0 Å². The maximum absolute atomic E-state index is 14.7. The zero-order valence-electron chi connectivity index (χ0n) is 61.3. The predicted molar refractivity (Wildman–Crippen MR) is 378 cm³/mol. The minimum Gasteiger partial charge on any atom is -0.480 e. The molecule has 0 bridgehead atoms. The molecule has 2 N–H and O–H groups in total. The number of carboxylic acid groups (broad SMARTS) is 1. The Hall–Kier alpha value is -5.45. The molecule has 1 saturated heterocycles. The number of hydrogen-bond donors (Lipinski definition) is 2. The molecular formula is C71H121N7O16Si2. The molecule has 2 aromatic carbocycles. The van der Waals surface area contributed by atoms with Crippen LogP contribution in [-0.2, 0) is 83.7 Å². The Labute approximate surface area is 576 Å². The number of hydrogen-bond acceptors (Lipinski definition) is 16. The van der Waals surface area contributed by atoms with Crippen molar-refractivity contribution in [1.82, 2.24) is 20.0 Å². The molecule has 23 nitrogen and oxygen atoms in total. The van der Waals surface area contributed by atoms with Crippen molar-refractivity contribution >= 4 is 57.8 Å². The molecule has 96 heavy (non-hydrogen) atoms. The molecule has 1 heterocycles. The molecule has 0 aromatic heterocycles. The van der Waals surface area contributed by atoms with Crippen LogP contribution in [0, 0.1) is 36.5 Å². The third kappa shape index (κ3) is 33.4. The van der Waals surface area contributed by atoms with Crippen LogP contribution in [0.15, 0.2) is 59.7 Å². The highest BCUT2D eigenvalue weighted by Gasteiger charge is 2.44. The summed E-state index contributed by atoms with van der Waals surface area (Å²) in [6.07, 6.45) is 3.39. The number of rotatable bonds is 49. The number of likely N-dealkylation sites (tertiary alicyclic amines) is 1. The van der Waals surface area contributed by atoms with Gasteiger partial charge in [-0.2, -0.15) is 0 Å². The Morgan fingerprint density at radius 3 is 1.84 bits per heavy atom.